The van der Waals surface area contributed by atoms with Gasteiger partial charge in [-0.3, -0.25) is 13.9 Å². The van der Waals surface area contributed by atoms with E-state index in [4.69, 9.17) is 46.4 Å². The standard InChI is InChI=1S/C25H23Cl4N3O4S/c1-16(25(34)30-2)31(14-17-8-9-18(26)13-23(17)29)24(33)15-32(21-11-19(27)10-20(28)12-21)37(35,36)22-6-4-3-5-7-22/h3-13,16H,14-15H2,1-2H3,(H,30,34). The van der Waals surface area contributed by atoms with Gasteiger partial charge in [0.15, 0.2) is 0 Å². The molecule has 1 N–H and O–H groups in total. The third-order valence-corrected chi connectivity index (χ3v) is 8.33. The molecular formula is C25H23Cl4N3O4S. The minimum atomic E-state index is -4.23. The molecule has 7 nitrogen and oxygen atoms in total. The van der Waals surface area contributed by atoms with Crippen molar-refractivity contribution in [2.24, 2.45) is 0 Å². The zero-order chi connectivity index (χ0) is 27.3. The second-order valence-corrected chi connectivity index (χ2v) is 11.6. The van der Waals surface area contributed by atoms with Crippen molar-refractivity contribution in [3.05, 3.63) is 92.4 Å². The lowest BCUT2D eigenvalue weighted by molar-refractivity contribution is -0.139. The molecule has 0 fully saturated rings. The summed E-state index contributed by atoms with van der Waals surface area (Å²) in [6.07, 6.45) is 0. The zero-order valence-corrected chi connectivity index (χ0v) is 23.6. The van der Waals surface area contributed by atoms with Crippen molar-refractivity contribution in [3.8, 4) is 0 Å². The van der Waals surface area contributed by atoms with Gasteiger partial charge in [0.1, 0.15) is 12.6 Å². The Morgan fingerprint density at radius 2 is 1.51 bits per heavy atom. The number of likely N-dealkylation sites (N-methyl/N-ethyl adjacent to an activating group) is 1. The summed E-state index contributed by atoms with van der Waals surface area (Å²) in [6.45, 7) is 0.826. The number of halogens is 4. The quantitative estimate of drug-likeness (QED) is 0.342. The second-order valence-electron chi connectivity index (χ2n) is 8.00. The van der Waals surface area contributed by atoms with Crippen LogP contribution in [0.3, 0.4) is 0 Å². The van der Waals surface area contributed by atoms with Gasteiger partial charge >= 0.3 is 0 Å². The molecule has 0 saturated heterocycles. The van der Waals surface area contributed by atoms with Crippen molar-refractivity contribution >= 4 is 73.9 Å². The summed E-state index contributed by atoms with van der Waals surface area (Å²) >= 11 is 24.6. The van der Waals surface area contributed by atoms with Gasteiger partial charge in [-0.05, 0) is 55.0 Å². The fourth-order valence-electron chi connectivity index (χ4n) is 3.56. The molecule has 0 aliphatic heterocycles. The predicted octanol–water partition coefficient (Wildman–Crippen LogP) is 5.66. The van der Waals surface area contributed by atoms with Crippen molar-refractivity contribution < 1.29 is 18.0 Å². The lowest BCUT2D eigenvalue weighted by atomic mass is 10.1. The molecule has 3 aromatic carbocycles. The topological polar surface area (TPSA) is 86.8 Å². The summed E-state index contributed by atoms with van der Waals surface area (Å²) in [7, 11) is -2.79. The third kappa shape index (κ3) is 7.09. The number of nitrogens with one attached hydrogen (secondary N) is 1. The van der Waals surface area contributed by atoms with Crippen LogP contribution in [0.15, 0.2) is 71.6 Å². The number of hydrogen-bond donors (Lipinski definition) is 1. The van der Waals surface area contributed by atoms with Gasteiger partial charge in [0.05, 0.1) is 10.6 Å². The van der Waals surface area contributed by atoms with E-state index >= 15 is 0 Å². The molecule has 12 heteroatoms. The number of sulfonamides is 1. The SMILES string of the molecule is CNC(=O)C(C)N(Cc1ccc(Cl)cc1Cl)C(=O)CN(c1cc(Cl)cc(Cl)c1)S(=O)(=O)c1ccccc1. The molecule has 37 heavy (non-hydrogen) atoms. The van der Waals surface area contributed by atoms with Crippen molar-refractivity contribution in [3.63, 3.8) is 0 Å². The lowest BCUT2D eigenvalue weighted by Crippen LogP contribution is -2.50. The van der Waals surface area contributed by atoms with Crippen LogP contribution in [0.1, 0.15) is 12.5 Å². The Morgan fingerprint density at radius 1 is 0.892 bits per heavy atom. The van der Waals surface area contributed by atoms with E-state index in [1.807, 2.05) is 0 Å². The number of nitrogens with zero attached hydrogens (tertiary/aromatic N) is 2. The number of anilines is 1. The third-order valence-electron chi connectivity index (χ3n) is 5.51. The highest BCUT2D eigenvalue weighted by atomic mass is 35.5. The Kier molecular flexibility index (Phi) is 9.72. The van der Waals surface area contributed by atoms with Crippen LogP contribution in [0, 0.1) is 0 Å². The molecule has 3 rings (SSSR count). The molecule has 0 aliphatic rings. The molecule has 0 heterocycles. The Labute approximate surface area is 235 Å². The Morgan fingerprint density at radius 3 is 2.08 bits per heavy atom. The van der Waals surface area contributed by atoms with Crippen LogP contribution in [-0.2, 0) is 26.2 Å². The van der Waals surface area contributed by atoms with Crippen molar-refractivity contribution in [1.82, 2.24) is 10.2 Å². The van der Waals surface area contributed by atoms with Crippen LogP contribution in [0.4, 0.5) is 5.69 Å². The average Bonchev–Trinajstić information content (AvgIpc) is 2.85. The number of carbonyl (C=O) groups is 2. The summed E-state index contributed by atoms with van der Waals surface area (Å²) < 4.78 is 28.3. The van der Waals surface area contributed by atoms with E-state index in [1.165, 1.54) is 55.3 Å². The minimum absolute atomic E-state index is 0.0365. The first-order chi connectivity index (χ1) is 17.4. The average molecular weight is 603 g/mol. The van der Waals surface area contributed by atoms with Crippen LogP contribution >= 0.6 is 46.4 Å². The second kappa shape index (κ2) is 12.4. The Hall–Kier alpha value is -2.49. The van der Waals surface area contributed by atoms with Gasteiger partial charge in [-0.15, -0.1) is 0 Å². The fraction of sp³-hybridized carbons (Fsp3) is 0.200. The van der Waals surface area contributed by atoms with Gasteiger partial charge in [-0.1, -0.05) is 70.7 Å². The molecule has 1 unspecified atom stereocenters. The Balaban J connectivity index is 2.07. The molecular weight excluding hydrogens is 580 g/mol. The molecule has 0 bridgehead atoms. The molecule has 0 radical (unpaired) electrons. The summed E-state index contributed by atoms with van der Waals surface area (Å²) in [6, 6.07) is 15.7. The fourth-order valence-corrected chi connectivity index (χ4v) is 5.96. The number of carbonyl (C=O) groups excluding carboxylic acids is 2. The number of rotatable bonds is 9. The van der Waals surface area contributed by atoms with Crippen LogP contribution in [0.25, 0.3) is 0 Å². The maximum atomic E-state index is 13.7. The monoisotopic (exact) mass is 601 g/mol. The van der Waals surface area contributed by atoms with Crippen molar-refractivity contribution in [2.45, 2.75) is 24.4 Å². The summed E-state index contributed by atoms with van der Waals surface area (Å²) in [4.78, 5) is 27.5. The first-order valence-electron chi connectivity index (χ1n) is 10.9. The number of benzene rings is 3. The molecule has 0 aliphatic carbocycles. The highest BCUT2D eigenvalue weighted by molar-refractivity contribution is 7.92. The van der Waals surface area contributed by atoms with Crippen molar-refractivity contribution in [2.75, 3.05) is 17.9 Å². The Bertz CT molecular complexity index is 1380. The maximum absolute atomic E-state index is 13.7. The van der Waals surface area contributed by atoms with Crippen LogP contribution in [-0.4, -0.2) is 44.8 Å². The summed E-state index contributed by atoms with van der Waals surface area (Å²) in [5, 5.41) is 3.59. The van der Waals surface area contributed by atoms with Gasteiger partial charge in [-0.2, -0.15) is 0 Å². The number of amides is 2. The highest BCUT2D eigenvalue weighted by Gasteiger charge is 2.32. The van der Waals surface area contributed by atoms with Crippen LogP contribution in [0.5, 0.6) is 0 Å². The molecule has 1 atom stereocenters. The molecule has 0 spiro atoms. The predicted molar refractivity (Wildman–Crippen MR) is 148 cm³/mol. The smallest absolute Gasteiger partial charge is 0.264 e. The van der Waals surface area contributed by atoms with Gasteiger partial charge in [0, 0.05) is 33.7 Å². The minimum Gasteiger partial charge on any atom is -0.357 e. The van der Waals surface area contributed by atoms with Gasteiger partial charge < -0.3 is 10.2 Å². The molecule has 196 valence electrons. The summed E-state index contributed by atoms with van der Waals surface area (Å²) in [5.41, 5.74) is 0.616. The molecule has 0 saturated carbocycles. The van der Waals surface area contributed by atoms with Gasteiger partial charge in [-0.25, -0.2) is 8.42 Å². The van der Waals surface area contributed by atoms with Crippen molar-refractivity contribution in [1.29, 1.82) is 0 Å². The van der Waals surface area contributed by atoms with Gasteiger partial charge in [0.2, 0.25) is 11.8 Å². The summed E-state index contributed by atoms with van der Waals surface area (Å²) in [5.74, 6) is -1.10. The largest absolute Gasteiger partial charge is 0.357 e. The zero-order valence-electron chi connectivity index (χ0n) is 19.8. The van der Waals surface area contributed by atoms with E-state index in [0.29, 0.717) is 15.6 Å². The lowest BCUT2D eigenvalue weighted by Gasteiger charge is -2.32. The highest BCUT2D eigenvalue weighted by Crippen LogP contribution is 2.30. The first-order valence-corrected chi connectivity index (χ1v) is 13.9. The van der Waals surface area contributed by atoms with E-state index in [9.17, 15) is 18.0 Å². The van der Waals surface area contributed by atoms with E-state index in [1.54, 1.807) is 30.3 Å². The van der Waals surface area contributed by atoms with Crippen LogP contribution in [0.2, 0.25) is 20.1 Å². The normalized spacial score (nSPS) is 12.1. The number of hydrogen-bond acceptors (Lipinski definition) is 4. The molecule has 2 amide bonds. The van der Waals surface area contributed by atoms with E-state index in [-0.39, 0.29) is 27.2 Å². The van der Waals surface area contributed by atoms with Gasteiger partial charge in [0.25, 0.3) is 10.0 Å². The molecule has 0 aromatic heterocycles. The van der Waals surface area contributed by atoms with E-state index in [2.05, 4.69) is 5.32 Å². The van der Waals surface area contributed by atoms with Crippen LogP contribution < -0.4 is 9.62 Å². The first kappa shape index (κ1) is 29.1. The van der Waals surface area contributed by atoms with E-state index in [0.717, 1.165) is 4.31 Å². The molecule has 3 aromatic rings. The maximum Gasteiger partial charge on any atom is 0.264 e. The van der Waals surface area contributed by atoms with E-state index < -0.39 is 34.4 Å².